The SMILES string of the molecule is O=C1Nc2c(Cl)cccc2[C@@]12C=CCNC2. The van der Waals surface area contributed by atoms with E-state index in [0.29, 0.717) is 11.6 Å². The second-order valence-corrected chi connectivity index (χ2v) is 4.53. The average molecular weight is 235 g/mol. The lowest BCUT2D eigenvalue weighted by atomic mass is 9.80. The van der Waals surface area contributed by atoms with E-state index in [0.717, 1.165) is 17.8 Å². The number of anilines is 1. The lowest BCUT2D eigenvalue weighted by Gasteiger charge is -2.27. The molecule has 4 heteroatoms. The van der Waals surface area contributed by atoms with Gasteiger partial charge in [0, 0.05) is 13.1 Å². The number of benzene rings is 1. The van der Waals surface area contributed by atoms with Crippen molar-refractivity contribution in [3.8, 4) is 0 Å². The van der Waals surface area contributed by atoms with Gasteiger partial charge < -0.3 is 10.6 Å². The van der Waals surface area contributed by atoms with E-state index in [2.05, 4.69) is 10.6 Å². The van der Waals surface area contributed by atoms with E-state index in [-0.39, 0.29) is 5.91 Å². The molecule has 0 bridgehead atoms. The third-order valence-corrected chi connectivity index (χ3v) is 3.52. The highest BCUT2D eigenvalue weighted by atomic mass is 35.5. The molecule has 1 amide bonds. The summed E-state index contributed by atoms with van der Waals surface area (Å²) in [6.45, 7) is 1.44. The molecule has 0 radical (unpaired) electrons. The van der Waals surface area contributed by atoms with Crippen LogP contribution in [0.15, 0.2) is 30.4 Å². The molecular weight excluding hydrogens is 224 g/mol. The molecule has 3 rings (SSSR count). The van der Waals surface area contributed by atoms with Crippen LogP contribution in [0.2, 0.25) is 5.02 Å². The van der Waals surface area contributed by atoms with Gasteiger partial charge in [-0.05, 0) is 11.6 Å². The molecule has 16 heavy (non-hydrogen) atoms. The quantitative estimate of drug-likeness (QED) is 0.671. The third-order valence-electron chi connectivity index (χ3n) is 3.21. The molecule has 2 aliphatic rings. The second-order valence-electron chi connectivity index (χ2n) is 4.12. The maximum Gasteiger partial charge on any atom is 0.240 e. The smallest absolute Gasteiger partial charge is 0.240 e. The number of amides is 1. The van der Waals surface area contributed by atoms with Crippen molar-refractivity contribution in [2.75, 3.05) is 18.4 Å². The minimum atomic E-state index is -0.571. The Morgan fingerprint density at radius 1 is 1.38 bits per heavy atom. The Kier molecular flexibility index (Phi) is 2.06. The van der Waals surface area contributed by atoms with E-state index >= 15 is 0 Å². The molecule has 1 aromatic rings. The minimum Gasteiger partial charge on any atom is -0.323 e. The number of rotatable bonds is 0. The topological polar surface area (TPSA) is 41.1 Å². The average Bonchev–Trinajstić information content (AvgIpc) is 2.57. The van der Waals surface area contributed by atoms with Gasteiger partial charge in [0.25, 0.3) is 0 Å². The van der Waals surface area contributed by atoms with E-state index in [1.54, 1.807) is 6.07 Å². The molecule has 0 fully saturated rings. The molecule has 2 aliphatic heterocycles. The lowest BCUT2D eigenvalue weighted by Crippen LogP contribution is -2.44. The van der Waals surface area contributed by atoms with Crippen molar-refractivity contribution in [2.45, 2.75) is 5.41 Å². The standard InChI is InChI=1S/C12H11ClN2O/c13-9-4-1-3-8-10(9)15-11(16)12(8)5-2-6-14-7-12/h1-5,14H,6-7H2,(H,15,16)/t12-/m0/s1. The Morgan fingerprint density at radius 3 is 3.00 bits per heavy atom. The summed E-state index contributed by atoms with van der Waals surface area (Å²) >= 11 is 6.08. The molecule has 1 atom stereocenters. The van der Waals surface area contributed by atoms with Crippen LogP contribution in [0.4, 0.5) is 5.69 Å². The van der Waals surface area contributed by atoms with Gasteiger partial charge in [-0.1, -0.05) is 35.9 Å². The van der Waals surface area contributed by atoms with E-state index in [9.17, 15) is 4.79 Å². The first-order valence-corrected chi connectivity index (χ1v) is 5.61. The van der Waals surface area contributed by atoms with E-state index in [1.165, 1.54) is 0 Å². The molecule has 82 valence electrons. The zero-order valence-electron chi connectivity index (χ0n) is 8.59. The number of carbonyl (C=O) groups is 1. The van der Waals surface area contributed by atoms with Gasteiger partial charge in [-0.25, -0.2) is 0 Å². The zero-order chi connectivity index (χ0) is 11.2. The van der Waals surface area contributed by atoms with Gasteiger partial charge in [-0.15, -0.1) is 0 Å². The number of para-hydroxylation sites is 1. The lowest BCUT2D eigenvalue weighted by molar-refractivity contribution is -0.119. The van der Waals surface area contributed by atoms with Gasteiger partial charge in [0.15, 0.2) is 0 Å². The van der Waals surface area contributed by atoms with Crippen LogP contribution in [0.5, 0.6) is 0 Å². The van der Waals surface area contributed by atoms with Crippen LogP contribution in [0.3, 0.4) is 0 Å². The first kappa shape index (κ1) is 9.87. The fraction of sp³-hybridized carbons (Fsp3) is 0.250. The van der Waals surface area contributed by atoms with Gasteiger partial charge in [0.2, 0.25) is 5.91 Å². The predicted molar refractivity (Wildman–Crippen MR) is 63.8 cm³/mol. The summed E-state index contributed by atoms with van der Waals surface area (Å²) in [7, 11) is 0. The second kappa shape index (κ2) is 3.34. The van der Waals surface area contributed by atoms with E-state index < -0.39 is 5.41 Å². The molecule has 3 nitrogen and oxygen atoms in total. The Balaban J connectivity index is 2.23. The summed E-state index contributed by atoms with van der Waals surface area (Å²) in [5, 5.41) is 6.68. The molecule has 2 heterocycles. The molecular formula is C12H11ClN2O. The highest BCUT2D eigenvalue weighted by molar-refractivity contribution is 6.35. The Hall–Kier alpha value is -1.32. The number of halogens is 1. The van der Waals surface area contributed by atoms with Crippen molar-refractivity contribution >= 4 is 23.2 Å². The van der Waals surface area contributed by atoms with Crippen LogP contribution in [-0.4, -0.2) is 19.0 Å². The summed E-state index contributed by atoms with van der Waals surface area (Å²) in [5.74, 6) is -0.000880. The highest BCUT2D eigenvalue weighted by Gasteiger charge is 2.45. The van der Waals surface area contributed by atoms with Crippen LogP contribution in [-0.2, 0) is 10.2 Å². The highest BCUT2D eigenvalue weighted by Crippen LogP contribution is 2.42. The number of carbonyl (C=O) groups excluding carboxylic acids is 1. The molecule has 2 N–H and O–H groups in total. The number of fused-ring (bicyclic) bond motifs is 2. The fourth-order valence-corrected chi connectivity index (χ4v) is 2.60. The summed E-state index contributed by atoms with van der Waals surface area (Å²) < 4.78 is 0. The van der Waals surface area contributed by atoms with Crippen LogP contribution < -0.4 is 10.6 Å². The van der Waals surface area contributed by atoms with Gasteiger partial charge in [-0.3, -0.25) is 4.79 Å². The Labute approximate surface area is 98.5 Å². The summed E-state index contributed by atoms with van der Waals surface area (Å²) in [4.78, 5) is 12.1. The van der Waals surface area contributed by atoms with Crippen molar-refractivity contribution in [2.24, 2.45) is 0 Å². The molecule has 1 aromatic carbocycles. The largest absolute Gasteiger partial charge is 0.323 e. The third kappa shape index (κ3) is 1.16. The number of hydrogen-bond acceptors (Lipinski definition) is 2. The van der Waals surface area contributed by atoms with Gasteiger partial charge >= 0.3 is 0 Å². The van der Waals surface area contributed by atoms with Crippen molar-refractivity contribution in [3.05, 3.63) is 40.9 Å². The monoisotopic (exact) mass is 234 g/mol. The maximum atomic E-state index is 12.1. The van der Waals surface area contributed by atoms with E-state index in [4.69, 9.17) is 11.6 Å². The first-order chi connectivity index (χ1) is 7.74. The van der Waals surface area contributed by atoms with Crippen LogP contribution in [0.25, 0.3) is 0 Å². The van der Waals surface area contributed by atoms with Crippen LogP contribution in [0, 0.1) is 0 Å². The summed E-state index contributed by atoms with van der Waals surface area (Å²) in [5.41, 5.74) is 1.15. The van der Waals surface area contributed by atoms with E-state index in [1.807, 2.05) is 24.3 Å². The predicted octanol–water partition coefficient (Wildman–Crippen LogP) is 1.69. The Morgan fingerprint density at radius 2 is 2.25 bits per heavy atom. The van der Waals surface area contributed by atoms with Crippen LogP contribution in [0.1, 0.15) is 5.56 Å². The van der Waals surface area contributed by atoms with Crippen molar-refractivity contribution in [3.63, 3.8) is 0 Å². The molecule has 0 saturated carbocycles. The minimum absolute atomic E-state index is 0.000880. The normalized spacial score (nSPS) is 26.9. The number of nitrogens with one attached hydrogen (secondary N) is 2. The first-order valence-electron chi connectivity index (χ1n) is 5.23. The zero-order valence-corrected chi connectivity index (χ0v) is 9.34. The van der Waals surface area contributed by atoms with Crippen LogP contribution >= 0.6 is 11.6 Å². The number of hydrogen-bond donors (Lipinski definition) is 2. The fourth-order valence-electron chi connectivity index (χ4n) is 2.38. The summed E-state index contributed by atoms with van der Waals surface area (Å²) in [6, 6.07) is 5.63. The van der Waals surface area contributed by atoms with Crippen molar-refractivity contribution in [1.82, 2.24) is 5.32 Å². The van der Waals surface area contributed by atoms with Gasteiger partial charge in [0.05, 0.1) is 10.7 Å². The molecule has 0 saturated heterocycles. The molecule has 0 unspecified atom stereocenters. The maximum absolute atomic E-state index is 12.1. The van der Waals surface area contributed by atoms with Gasteiger partial charge in [0.1, 0.15) is 5.41 Å². The van der Waals surface area contributed by atoms with Crippen molar-refractivity contribution in [1.29, 1.82) is 0 Å². The summed E-state index contributed by atoms with van der Waals surface area (Å²) in [6.07, 6.45) is 3.96. The molecule has 0 aliphatic carbocycles. The Bertz CT molecular complexity index is 498. The molecule has 0 aromatic heterocycles. The van der Waals surface area contributed by atoms with Crippen molar-refractivity contribution < 1.29 is 4.79 Å². The molecule has 1 spiro atoms. The van der Waals surface area contributed by atoms with Gasteiger partial charge in [-0.2, -0.15) is 0 Å².